The number of dihydropyridines is 1. The van der Waals surface area contributed by atoms with Gasteiger partial charge in [0.05, 0.1) is 5.70 Å². The summed E-state index contributed by atoms with van der Waals surface area (Å²) in [5.74, 6) is -0.154. The van der Waals surface area contributed by atoms with E-state index < -0.39 is 5.83 Å². The average Bonchev–Trinajstić information content (AvgIpc) is 3.51. The van der Waals surface area contributed by atoms with Crippen molar-refractivity contribution in [3.63, 3.8) is 0 Å². The number of rotatable bonds is 5. The van der Waals surface area contributed by atoms with E-state index in [0.29, 0.717) is 12.1 Å². The molecule has 3 aliphatic rings. The Labute approximate surface area is 155 Å². The highest BCUT2D eigenvalue weighted by Crippen LogP contribution is 2.29. The van der Waals surface area contributed by atoms with Gasteiger partial charge in [0.25, 0.3) is 0 Å². The van der Waals surface area contributed by atoms with Gasteiger partial charge in [-0.25, -0.2) is 4.39 Å². The maximum Gasteiger partial charge on any atom is 0.224 e. The molecule has 1 aliphatic carbocycles. The zero-order valence-electron chi connectivity index (χ0n) is 15.0. The molecule has 27 heavy (non-hydrogen) atoms. The first-order valence-electron chi connectivity index (χ1n) is 9.07. The standard InChI is InChI=1S/C20H21FN4O2/c1-11-16(9-22-17(10-24-27)19(11)21)14-5-4-13-7-18(23-8-15(13)6-14)25-20(26)12-2-3-12/h4-8,12,18,22-23H,2-3,9-10H2,1H3,(H,25,26). The van der Waals surface area contributed by atoms with Crippen LogP contribution < -0.4 is 26.4 Å². The van der Waals surface area contributed by atoms with Crippen molar-refractivity contribution in [3.05, 3.63) is 56.2 Å². The highest BCUT2D eigenvalue weighted by atomic mass is 19.1. The van der Waals surface area contributed by atoms with Crippen LogP contribution in [0, 0.1) is 10.8 Å². The number of nitroso groups, excluding NO2 is 1. The molecule has 1 unspecified atom stereocenters. The van der Waals surface area contributed by atoms with Crippen LogP contribution in [0.3, 0.4) is 0 Å². The Bertz CT molecular complexity index is 992. The summed E-state index contributed by atoms with van der Waals surface area (Å²) in [6.45, 7) is 1.97. The Kier molecular flexibility index (Phi) is 4.51. The number of nitrogens with one attached hydrogen (secondary N) is 3. The van der Waals surface area contributed by atoms with Crippen LogP contribution in [0.5, 0.6) is 0 Å². The van der Waals surface area contributed by atoms with Gasteiger partial charge in [-0.2, -0.15) is 4.91 Å². The third kappa shape index (κ3) is 3.49. The van der Waals surface area contributed by atoms with Gasteiger partial charge in [-0.1, -0.05) is 17.3 Å². The van der Waals surface area contributed by atoms with Gasteiger partial charge >= 0.3 is 0 Å². The first kappa shape index (κ1) is 17.5. The molecular formula is C20H21FN4O2. The molecule has 4 rings (SSSR count). The first-order valence-corrected chi connectivity index (χ1v) is 9.07. The summed E-state index contributed by atoms with van der Waals surface area (Å²) in [6.07, 6.45) is 5.58. The van der Waals surface area contributed by atoms with Crippen LogP contribution in [0.4, 0.5) is 4.39 Å². The first-order chi connectivity index (χ1) is 13.1. The van der Waals surface area contributed by atoms with E-state index >= 15 is 0 Å². The second-order valence-corrected chi connectivity index (χ2v) is 7.12. The Morgan fingerprint density at radius 3 is 2.89 bits per heavy atom. The zero-order valence-corrected chi connectivity index (χ0v) is 15.0. The number of halogens is 1. The van der Waals surface area contributed by atoms with Gasteiger partial charge in [0.2, 0.25) is 5.91 Å². The van der Waals surface area contributed by atoms with Crippen LogP contribution >= 0.6 is 0 Å². The molecule has 0 radical (unpaired) electrons. The Hall–Kier alpha value is -2.96. The van der Waals surface area contributed by atoms with Gasteiger partial charge in [0.15, 0.2) is 0 Å². The summed E-state index contributed by atoms with van der Waals surface area (Å²) in [5, 5.41) is 13.9. The summed E-state index contributed by atoms with van der Waals surface area (Å²) in [7, 11) is 0. The molecule has 3 N–H and O–H groups in total. The highest BCUT2D eigenvalue weighted by Gasteiger charge is 2.30. The van der Waals surface area contributed by atoms with Crippen LogP contribution in [-0.2, 0) is 4.79 Å². The third-order valence-electron chi connectivity index (χ3n) is 5.19. The molecule has 0 saturated heterocycles. The van der Waals surface area contributed by atoms with E-state index in [1.54, 1.807) is 6.92 Å². The second-order valence-electron chi connectivity index (χ2n) is 7.12. The van der Waals surface area contributed by atoms with Crippen LogP contribution in [0.15, 0.2) is 40.5 Å². The summed E-state index contributed by atoms with van der Waals surface area (Å²) in [4.78, 5) is 22.3. The molecule has 1 atom stereocenters. The van der Waals surface area contributed by atoms with Gasteiger partial charge in [0.1, 0.15) is 18.5 Å². The van der Waals surface area contributed by atoms with Crippen molar-refractivity contribution in [3.8, 4) is 0 Å². The van der Waals surface area contributed by atoms with Crippen molar-refractivity contribution in [2.75, 3.05) is 13.1 Å². The highest BCUT2D eigenvalue weighted by molar-refractivity contribution is 5.82. The molecule has 140 valence electrons. The van der Waals surface area contributed by atoms with Gasteiger partial charge in [-0.15, -0.1) is 0 Å². The lowest BCUT2D eigenvalue weighted by Crippen LogP contribution is -2.48. The molecule has 1 amide bonds. The third-order valence-corrected chi connectivity index (χ3v) is 5.19. The normalized spacial score (nSPS) is 21.3. The van der Waals surface area contributed by atoms with E-state index in [2.05, 4.69) is 21.1 Å². The fourth-order valence-corrected chi connectivity index (χ4v) is 3.42. The van der Waals surface area contributed by atoms with E-state index in [-0.39, 0.29) is 30.2 Å². The number of carbonyl (C=O) groups is 1. The quantitative estimate of drug-likeness (QED) is 0.677. The molecular weight excluding hydrogens is 347 g/mol. The van der Waals surface area contributed by atoms with Crippen molar-refractivity contribution >= 4 is 23.8 Å². The lowest BCUT2D eigenvalue weighted by molar-refractivity contribution is -0.122. The fraction of sp³-hybridized carbons (Fsp3) is 0.350. The predicted octanol–water partition coefficient (Wildman–Crippen LogP) is 0.985. The minimum atomic E-state index is -0.412. The number of fused-ring (bicyclic) bond motifs is 1. The molecule has 2 heterocycles. The Balaban J connectivity index is 1.61. The molecule has 0 aromatic heterocycles. The molecule has 0 spiro atoms. The van der Waals surface area contributed by atoms with Crippen molar-refractivity contribution in [2.24, 2.45) is 11.1 Å². The van der Waals surface area contributed by atoms with Gasteiger partial charge in [0, 0.05) is 18.7 Å². The average molecular weight is 368 g/mol. The smallest absolute Gasteiger partial charge is 0.224 e. The fourth-order valence-electron chi connectivity index (χ4n) is 3.42. The lowest BCUT2D eigenvalue weighted by atomic mass is 9.95. The number of hydrogen-bond acceptors (Lipinski definition) is 5. The number of allylic oxidation sites excluding steroid dienone is 2. The van der Waals surface area contributed by atoms with Crippen LogP contribution in [-0.4, -0.2) is 25.2 Å². The zero-order chi connectivity index (χ0) is 19.0. The van der Waals surface area contributed by atoms with E-state index in [9.17, 15) is 14.1 Å². The number of nitrogens with zero attached hydrogens (tertiary/aromatic N) is 1. The molecule has 1 aromatic carbocycles. The molecule has 1 fully saturated rings. The van der Waals surface area contributed by atoms with Crippen LogP contribution in [0.1, 0.15) is 25.3 Å². The van der Waals surface area contributed by atoms with Gasteiger partial charge < -0.3 is 16.0 Å². The second kappa shape index (κ2) is 6.98. The lowest BCUT2D eigenvalue weighted by Gasteiger charge is -2.22. The predicted molar refractivity (Wildman–Crippen MR) is 102 cm³/mol. The van der Waals surface area contributed by atoms with E-state index in [1.165, 1.54) is 0 Å². The monoisotopic (exact) mass is 368 g/mol. The maximum absolute atomic E-state index is 14.4. The van der Waals surface area contributed by atoms with E-state index in [1.807, 2.05) is 30.5 Å². The molecule has 1 saturated carbocycles. The molecule has 6 nitrogen and oxygen atoms in total. The summed E-state index contributed by atoms with van der Waals surface area (Å²) >= 11 is 0. The summed E-state index contributed by atoms with van der Waals surface area (Å²) < 4.78 is 14.4. The number of amides is 1. The Morgan fingerprint density at radius 2 is 2.15 bits per heavy atom. The SMILES string of the molecule is CC1=C(c2ccc3c(c2)=CNC(NC(=O)C2CC2)C=3)CNC(CN=O)=C1F. The van der Waals surface area contributed by atoms with Crippen molar-refractivity contribution < 1.29 is 9.18 Å². The minimum absolute atomic E-state index is 0.0918. The topological polar surface area (TPSA) is 82.6 Å². The van der Waals surface area contributed by atoms with Gasteiger partial charge in [-0.3, -0.25) is 4.79 Å². The van der Waals surface area contributed by atoms with Crippen molar-refractivity contribution in [2.45, 2.75) is 25.9 Å². The van der Waals surface area contributed by atoms with Crippen LogP contribution in [0.2, 0.25) is 0 Å². The number of carbonyl (C=O) groups excluding carboxylic acids is 1. The summed E-state index contributed by atoms with van der Waals surface area (Å²) in [6, 6.07) is 5.92. The Morgan fingerprint density at radius 1 is 1.33 bits per heavy atom. The molecule has 1 aromatic rings. The number of hydrogen-bond donors (Lipinski definition) is 3. The van der Waals surface area contributed by atoms with Crippen LogP contribution in [0.25, 0.3) is 17.8 Å². The number of benzene rings is 1. The largest absolute Gasteiger partial charge is 0.380 e. The molecule has 0 bridgehead atoms. The van der Waals surface area contributed by atoms with Gasteiger partial charge in [-0.05, 0) is 59.1 Å². The van der Waals surface area contributed by atoms with Crippen molar-refractivity contribution in [1.29, 1.82) is 0 Å². The maximum atomic E-state index is 14.4. The molecule has 2 aliphatic heterocycles. The van der Waals surface area contributed by atoms with E-state index in [0.717, 1.165) is 34.4 Å². The minimum Gasteiger partial charge on any atom is -0.380 e. The van der Waals surface area contributed by atoms with Crippen molar-refractivity contribution in [1.82, 2.24) is 16.0 Å². The molecule has 7 heteroatoms. The summed E-state index contributed by atoms with van der Waals surface area (Å²) in [5.41, 5.74) is 2.52. The van der Waals surface area contributed by atoms with E-state index in [4.69, 9.17) is 0 Å².